The van der Waals surface area contributed by atoms with Gasteiger partial charge in [0.25, 0.3) is 0 Å². The van der Waals surface area contributed by atoms with E-state index in [2.05, 4.69) is 50.3 Å². The molecule has 0 aromatic carbocycles. The summed E-state index contributed by atoms with van der Waals surface area (Å²) in [6.45, 7) is 3.40. The quantitative estimate of drug-likeness (QED) is 0.0242. The van der Waals surface area contributed by atoms with Gasteiger partial charge in [-0.15, -0.1) is 0 Å². The van der Waals surface area contributed by atoms with Crippen molar-refractivity contribution in [1.29, 1.82) is 0 Å². The average molecular weight is 759 g/mol. The first kappa shape index (κ1) is 50.7. The molecule has 0 aliphatic rings. The summed E-state index contributed by atoms with van der Waals surface area (Å²) < 4.78 is 33.3. The molecule has 3 unspecified atom stereocenters. The van der Waals surface area contributed by atoms with Gasteiger partial charge in [-0.3, -0.25) is 13.8 Å². The number of hydrogen-bond acceptors (Lipinski definition) is 8. The highest BCUT2D eigenvalue weighted by Crippen LogP contribution is 2.43. The van der Waals surface area contributed by atoms with Crippen molar-refractivity contribution in [1.82, 2.24) is 0 Å². The lowest BCUT2D eigenvalue weighted by Crippen LogP contribution is -2.29. The van der Waals surface area contributed by atoms with Crippen molar-refractivity contribution in [2.45, 2.75) is 193 Å². The van der Waals surface area contributed by atoms with E-state index in [0.717, 1.165) is 64.2 Å². The van der Waals surface area contributed by atoms with Gasteiger partial charge in [-0.2, -0.15) is 0 Å². The van der Waals surface area contributed by atoms with Crippen LogP contribution in [0, 0.1) is 0 Å². The molecule has 0 spiro atoms. The number of esters is 1. The van der Waals surface area contributed by atoms with Crippen LogP contribution in [0.15, 0.2) is 36.5 Å². The van der Waals surface area contributed by atoms with Crippen LogP contribution < -0.4 is 0 Å². The van der Waals surface area contributed by atoms with Gasteiger partial charge < -0.3 is 24.6 Å². The Bertz CT molecular complexity index is 908. The van der Waals surface area contributed by atoms with Crippen LogP contribution in [0.1, 0.15) is 181 Å². The molecule has 0 aromatic heterocycles. The summed E-state index contributed by atoms with van der Waals surface area (Å²) in [7, 11) is -4.52. The first-order chi connectivity index (χ1) is 25.3. The van der Waals surface area contributed by atoms with Gasteiger partial charge in [0.2, 0.25) is 0 Å². The molecule has 0 amide bonds. The second-order valence-corrected chi connectivity index (χ2v) is 15.4. The van der Waals surface area contributed by atoms with Gasteiger partial charge in [0.05, 0.1) is 26.4 Å². The topological polar surface area (TPSA) is 132 Å². The van der Waals surface area contributed by atoms with Crippen LogP contribution in [0.5, 0.6) is 0 Å². The highest BCUT2D eigenvalue weighted by molar-refractivity contribution is 7.47. The number of unbranched alkanes of at least 4 members (excludes halogenated alkanes) is 20. The molecule has 0 bridgehead atoms. The first-order valence-corrected chi connectivity index (χ1v) is 22.5. The Balaban J connectivity index is 4.20. The average Bonchev–Trinajstić information content (AvgIpc) is 3.13. The normalized spacial score (nSPS) is 14.5. The van der Waals surface area contributed by atoms with Crippen LogP contribution in [0.4, 0.5) is 0 Å². The molecular formula is C42H79O9P. The Labute approximate surface area is 318 Å². The Morgan fingerprint density at radius 2 is 1.10 bits per heavy atom. The Hall–Kier alpha value is -1.32. The third kappa shape index (κ3) is 38.4. The van der Waals surface area contributed by atoms with Crippen LogP contribution in [0.25, 0.3) is 0 Å². The fourth-order valence-electron chi connectivity index (χ4n) is 5.66. The highest BCUT2D eigenvalue weighted by Gasteiger charge is 2.26. The van der Waals surface area contributed by atoms with Gasteiger partial charge in [-0.05, 0) is 44.9 Å². The minimum atomic E-state index is -4.52. The molecule has 0 saturated carbocycles. The minimum absolute atomic E-state index is 0.0446. The Kier molecular flexibility index (Phi) is 38.4. The molecule has 306 valence electrons. The van der Waals surface area contributed by atoms with E-state index in [1.54, 1.807) is 0 Å². The lowest BCUT2D eigenvalue weighted by Gasteiger charge is -2.20. The van der Waals surface area contributed by atoms with Crippen LogP contribution in [0.3, 0.4) is 0 Å². The number of hydrogen-bond donors (Lipinski definition) is 3. The molecule has 0 aliphatic carbocycles. The molecule has 0 saturated heterocycles. The number of aliphatic hydroxyl groups excluding tert-OH is 2. The zero-order chi connectivity index (χ0) is 38.2. The fraction of sp³-hybridized carbons (Fsp3) is 0.833. The van der Waals surface area contributed by atoms with E-state index >= 15 is 0 Å². The van der Waals surface area contributed by atoms with E-state index in [1.807, 2.05) is 0 Å². The standard InChI is InChI=1S/C42H79O9P/c1-3-5-7-9-11-13-15-17-19-21-23-25-27-29-31-33-35-48-38-41(39-50-52(46,47)49-37-40(44)36-43)51-42(45)34-32-30-28-26-24-22-20-18-16-14-12-10-8-6-4-2/h6,8,12,14,18,20,40-41,43-44H,3-5,7,9-11,13,15-17,19,21-39H2,1-2H3,(H,46,47)/b8-6-,14-12-,20-18-. The molecule has 9 nitrogen and oxygen atoms in total. The molecular weight excluding hydrogens is 679 g/mol. The zero-order valence-corrected chi connectivity index (χ0v) is 34.2. The van der Waals surface area contributed by atoms with E-state index in [9.17, 15) is 19.4 Å². The van der Waals surface area contributed by atoms with E-state index in [1.165, 1.54) is 89.9 Å². The summed E-state index contributed by atoms with van der Waals surface area (Å²) in [5.41, 5.74) is 0. The molecule has 10 heteroatoms. The minimum Gasteiger partial charge on any atom is -0.457 e. The SMILES string of the molecule is CC/C=C\C/C=C\C/C=C\CCCCCCCC(=O)OC(COCCCCCCCCCCCCCCCCCC)COP(=O)(O)OCC(O)CO. The first-order valence-electron chi connectivity index (χ1n) is 21.0. The number of ether oxygens (including phenoxy) is 2. The van der Waals surface area contributed by atoms with E-state index in [-0.39, 0.29) is 19.6 Å². The molecule has 3 N–H and O–H groups in total. The van der Waals surface area contributed by atoms with Crippen LogP contribution >= 0.6 is 7.82 Å². The van der Waals surface area contributed by atoms with Crippen molar-refractivity contribution >= 4 is 13.8 Å². The fourth-order valence-corrected chi connectivity index (χ4v) is 6.45. The number of allylic oxidation sites excluding steroid dienone is 6. The van der Waals surface area contributed by atoms with Crippen LogP contribution in [-0.4, -0.2) is 66.3 Å². The van der Waals surface area contributed by atoms with Gasteiger partial charge >= 0.3 is 13.8 Å². The largest absolute Gasteiger partial charge is 0.472 e. The maximum absolute atomic E-state index is 12.6. The zero-order valence-electron chi connectivity index (χ0n) is 33.3. The lowest BCUT2D eigenvalue weighted by atomic mass is 10.0. The van der Waals surface area contributed by atoms with Crippen molar-refractivity contribution in [3.05, 3.63) is 36.5 Å². The molecule has 0 fully saturated rings. The van der Waals surface area contributed by atoms with Gasteiger partial charge in [-0.25, -0.2) is 4.57 Å². The number of carbonyl (C=O) groups is 1. The van der Waals surface area contributed by atoms with E-state index in [0.29, 0.717) is 13.0 Å². The second kappa shape index (κ2) is 39.4. The van der Waals surface area contributed by atoms with Crippen molar-refractivity contribution in [3.63, 3.8) is 0 Å². The number of phosphoric acid groups is 1. The summed E-state index contributed by atoms with van der Waals surface area (Å²) >= 11 is 0. The van der Waals surface area contributed by atoms with Crippen molar-refractivity contribution in [2.24, 2.45) is 0 Å². The Morgan fingerprint density at radius 1 is 0.615 bits per heavy atom. The van der Waals surface area contributed by atoms with E-state index in [4.69, 9.17) is 23.6 Å². The highest BCUT2D eigenvalue weighted by atomic mass is 31.2. The summed E-state index contributed by atoms with van der Waals surface area (Å²) in [4.78, 5) is 22.5. The van der Waals surface area contributed by atoms with Gasteiger partial charge in [0, 0.05) is 13.0 Å². The molecule has 0 aliphatic heterocycles. The van der Waals surface area contributed by atoms with Crippen molar-refractivity contribution < 1.29 is 43.0 Å². The molecule has 0 heterocycles. The van der Waals surface area contributed by atoms with Crippen LogP contribution in [0.2, 0.25) is 0 Å². The maximum atomic E-state index is 12.6. The molecule has 3 atom stereocenters. The molecule has 0 radical (unpaired) electrons. The van der Waals surface area contributed by atoms with Crippen molar-refractivity contribution in [2.75, 3.05) is 33.0 Å². The summed E-state index contributed by atoms with van der Waals surface area (Å²) in [6.07, 6.45) is 41.0. The molecule has 0 aromatic rings. The summed E-state index contributed by atoms with van der Waals surface area (Å²) in [5.74, 6) is -0.398. The third-order valence-corrected chi connectivity index (χ3v) is 9.79. The van der Waals surface area contributed by atoms with Crippen molar-refractivity contribution in [3.8, 4) is 0 Å². The second-order valence-electron chi connectivity index (χ2n) is 14.0. The molecule has 52 heavy (non-hydrogen) atoms. The number of aliphatic hydroxyl groups is 2. The number of rotatable bonds is 40. The summed E-state index contributed by atoms with van der Waals surface area (Å²) in [5, 5.41) is 18.3. The molecule has 0 rings (SSSR count). The third-order valence-electron chi connectivity index (χ3n) is 8.84. The monoisotopic (exact) mass is 759 g/mol. The lowest BCUT2D eigenvalue weighted by molar-refractivity contribution is -0.154. The smallest absolute Gasteiger partial charge is 0.457 e. The van der Waals surface area contributed by atoms with Gasteiger partial charge in [-0.1, -0.05) is 166 Å². The number of phosphoric ester groups is 1. The maximum Gasteiger partial charge on any atom is 0.472 e. The van der Waals surface area contributed by atoms with Gasteiger partial charge in [0.1, 0.15) is 12.2 Å². The van der Waals surface area contributed by atoms with Crippen LogP contribution in [-0.2, 0) is 27.9 Å². The Morgan fingerprint density at radius 3 is 1.65 bits per heavy atom. The predicted molar refractivity (Wildman–Crippen MR) is 214 cm³/mol. The van der Waals surface area contributed by atoms with Gasteiger partial charge in [0.15, 0.2) is 0 Å². The summed E-state index contributed by atoms with van der Waals surface area (Å²) in [6, 6.07) is 0. The van der Waals surface area contributed by atoms with E-state index < -0.39 is 39.2 Å². The number of carbonyl (C=O) groups excluding carboxylic acids is 1. The predicted octanol–water partition coefficient (Wildman–Crippen LogP) is 11.3.